The van der Waals surface area contributed by atoms with E-state index in [0.29, 0.717) is 0 Å². The molecule has 3 atom stereocenters. The van der Waals surface area contributed by atoms with Gasteiger partial charge in [0.2, 0.25) is 0 Å². The molecule has 0 aromatic heterocycles. The van der Waals surface area contributed by atoms with Crippen molar-refractivity contribution in [2.75, 3.05) is 0 Å². The summed E-state index contributed by atoms with van der Waals surface area (Å²) < 4.78 is 11.6. The van der Waals surface area contributed by atoms with Gasteiger partial charge in [-0.05, 0) is 35.4 Å². The van der Waals surface area contributed by atoms with Gasteiger partial charge in [0.05, 0.1) is 0 Å². The maximum atomic E-state index is 10.4. The van der Waals surface area contributed by atoms with E-state index in [2.05, 4.69) is 0 Å². The summed E-state index contributed by atoms with van der Waals surface area (Å²) in [4.78, 5) is 0. The van der Waals surface area contributed by atoms with Crippen LogP contribution in [0.4, 0.5) is 0 Å². The minimum Gasteiger partial charge on any atom is -0.457 e. The average molecular weight is 318 g/mol. The number of aliphatic hydroxyl groups excluding tert-OH is 1. The molecule has 1 aliphatic rings. The van der Waals surface area contributed by atoms with Crippen LogP contribution in [-0.2, 0) is 4.74 Å². The maximum absolute atomic E-state index is 10.4. The summed E-state index contributed by atoms with van der Waals surface area (Å²) in [7, 11) is 0. The van der Waals surface area contributed by atoms with Crippen LogP contribution in [0.3, 0.4) is 0 Å². The monoisotopic (exact) mass is 318 g/mol. The molecule has 3 heteroatoms. The van der Waals surface area contributed by atoms with E-state index in [1.165, 1.54) is 0 Å². The van der Waals surface area contributed by atoms with Gasteiger partial charge in [0.25, 0.3) is 0 Å². The zero-order valence-electron chi connectivity index (χ0n) is 13.1. The summed E-state index contributed by atoms with van der Waals surface area (Å²) in [5.74, 6) is 1.56. The van der Waals surface area contributed by atoms with Crippen LogP contribution < -0.4 is 4.74 Å². The molecular formula is C21H18O3. The Morgan fingerprint density at radius 3 is 2.21 bits per heavy atom. The van der Waals surface area contributed by atoms with Crippen molar-refractivity contribution in [1.82, 2.24) is 0 Å². The van der Waals surface area contributed by atoms with E-state index in [0.717, 1.165) is 22.6 Å². The van der Waals surface area contributed by atoms with Gasteiger partial charge in [-0.15, -0.1) is 0 Å². The number of hydrogen-bond acceptors (Lipinski definition) is 3. The smallest absolute Gasteiger partial charge is 0.127 e. The highest BCUT2D eigenvalue weighted by atomic mass is 16.6. The van der Waals surface area contributed by atoms with Gasteiger partial charge in [-0.3, -0.25) is 0 Å². The first-order valence-corrected chi connectivity index (χ1v) is 8.02. The molecule has 4 rings (SSSR count). The fourth-order valence-corrected chi connectivity index (χ4v) is 2.85. The summed E-state index contributed by atoms with van der Waals surface area (Å²) in [5, 5.41) is 10.4. The average Bonchev–Trinajstić information content (AvgIpc) is 3.44. The molecule has 0 bridgehead atoms. The molecule has 0 amide bonds. The van der Waals surface area contributed by atoms with Gasteiger partial charge in [-0.2, -0.15) is 0 Å². The topological polar surface area (TPSA) is 42.0 Å². The first-order chi connectivity index (χ1) is 11.8. The van der Waals surface area contributed by atoms with Crippen molar-refractivity contribution in [3.63, 3.8) is 0 Å². The zero-order chi connectivity index (χ0) is 16.4. The van der Waals surface area contributed by atoms with Gasteiger partial charge >= 0.3 is 0 Å². The summed E-state index contributed by atoms with van der Waals surface area (Å²) in [6.07, 6.45) is -0.922. The van der Waals surface area contributed by atoms with Gasteiger partial charge in [0.15, 0.2) is 0 Å². The number of ether oxygens (including phenoxy) is 2. The van der Waals surface area contributed by atoms with Crippen LogP contribution in [0.1, 0.15) is 23.3 Å². The molecule has 120 valence electrons. The second kappa shape index (κ2) is 6.48. The number of rotatable bonds is 5. The molecule has 1 heterocycles. The highest BCUT2D eigenvalue weighted by molar-refractivity contribution is 5.36. The highest BCUT2D eigenvalue weighted by Gasteiger charge is 2.46. The number of para-hydroxylation sites is 1. The van der Waals surface area contributed by atoms with E-state index in [9.17, 15) is 5.11 Å². The molecule has 3 nitrogen and oxygen atoms in total. The molecule has 0 spiro atoms. The SMILES string of the molecule is O[C@@H](c1ccccc1)[C@@H]1O[C@@H]1c1cccc(Oc2ccccc2)c1. The lowest BCUT2D eigenvalue weighted by Crippen LogP contribution is -2.05. The Bertz CT molecular complexity index is 802. The van der Waals surface area contributed by atoms with Crippen LogP contribution >= 0.6 is 0 Å². The van der Waals surface area contributed by atoms with E-state index < -0.39 is 6.10 Å². The molecule has 0 radical (unpaired) electrons. The normalized spacial score (nSPS) is 20.4. The van der Waals surface area contributed by atoms with Gasteiger partial charge in [0, 0.05) is 0 Å². The molecule has 1 saturated heterocycles. The third-order valence-electron chi connectivity index (χ3n) is 4.14. The van der Waals surface area contributed by atoms with Gasteiger partial charge in [0.1, 0.15) is 29.8 Å². The maximum Gasteiger partial charge on any atom is 0.127 e. The summed E-state index contributed by atoms with van der Waals surface area (Å²) in [6.45, 7) is 0. The Morgan fingerprint density at radius 2 is 1.46 bits per heavy atom. The van der Waals surface area contributed by atoms with E-state index in [1.54, 1.807) is 0 Å². The number of aliphatic hydroxyl groups is 1. The molecule has 3 aromatic carbocycles. The molecule has 1 aliphatic heterocycles. The van der Waals surface area contributed by atoms with Crippen LogP contribution in [0, 0.1) is 0 Å². The Morgan fingerprint density at radius 1 is 0.792 bits per heavy atom. The second-order valence-corrected chi connectivity index (χ2v) is 5.86. The second-order valence-electron chi connectivity index (χ2n) is 5.86. The summed E-state index contributed by atoms with van der Waals surface area (Å²) >= 11 is 0. The van der Waals surface area contributed by atoms with E-state index in [4.69, 9.17) is 9.47 Å². The van der Waals surface area contributed by atoms with Crippen LogP contribution in [0.5, 0.6) is 11.5 Å². The molecular weight excluding hydrogens is 300 g/mol. The summed E-state index contributed by atoms with van der Waals surface area (Å²) in [6, 6.07) is 27.1. The van der Waals surface area contributed by atoms with Crippen molar-refractivity contribution >= 4 is 0 Å². The van der Waals surface area contributed by atoms with E-state index in [-0.39, 0.29) is 12.2 Å². The lowest BCUT2D eigenvalue weighted by atomic mass is 10.0. The standard InChI is InChI=1S/C21H18O3/c22-19(15-8-3-1-4-9-15)21-20(24-21)16-10-7-13-18(14-16)23-17-11-5-2-6-12-17/h1-14,19-22H/t19-,20+,21-/m0/s1. The predicted molar refractivity (Wildman–Crippen MR) is 92.0 cm³/mol. The highest BCUT2D eigenvalue weighted by Crippen LogP contribution is 2.46. The van der Waals surface area contributed by atoms with Crippen molar-refractivity contribution in [3.8, 4) is 11.5 Å². The first-order valence-electron chi connectivity index (χ1n) is 8.02. The van der Waals surface area contributed by atoms with Crippen molar-refractivity contribution in [1.29, 1.82) is 0 Å². The third-order valence-corrected chi connectivity index (χ3v) is 4.14. The third kappa shape index (κ3) is 3.18. The fourth-order valence-electron chi connectivity index (χ4n) is 2.85. The number of benzene rings is 3. The van der Waals surface area contributed by atoms with Crippen molar-refractivity contribution in [3.05, 3.63) is 96.1 Å². The van der Waals surface area contributed by atoms with E-state index >= 15 is 0 Å². The van der Waals surface area contributed by atoms with Gasteiger partial charge in [-0.1, -0.05) is 60.7 Å². The molecule has 1 N–H and O–H groups in total. The molecule has 1 fully saturated rings. The number of epoxide rings is 1. The molecule has 24 heavy (non-hydrogen) atoms. The van der Waals surface area contributed by atoms with Crippen LogP contribution in [0.25, 0.3) is 0 Å². The van der Waals surface area contributed by atoms with Gasteiger partial charge < -0.3 is 14.6 Å². The zero-order valence-corrected chi connectivity index (χ0v) is 13.1. The predicted octanol–water partition coefficient (Wildman–Crippen LogP) is 4.65. The van der Waals surface area contributed by atoms with Crippen molar-refractivity contribution in [2.45, 2.75) is 18.3 Å². The first kappa shape index (κ1) is 14.9. The number of hydrogen-bond donors (Lipinski definition) is 1. The van der Waals surface area contributed by atoms with Crippen LogP contribution in [-0.4, -0.2) is 11.2 Å². The molecule has 3 aromatic rings. The van der Waals surface area contributed by atoms with Crippen LogP contribution in [0.15, 0.2) is 84.9 Å². The Kier molecular flexibility index (Phi) is 4.03. The quantitative estimate of drug-likeness (QED) is 0.696. The Balaban J connectivity index is 1.47. The Hall–Kier alpha value is -2.62. The minimum absolute atomic E-state index is 0.0977. The molecule has 0 unspecified atom stereocenters. The lowest BCUT2D eigenvalue weighted by Gasteiger charge is -2.08. The summed E-state index contributed by atoms with van der Waals surface area (Å²) in [5.41, 5.74) is 1.89. The largest absolute Gasteiger partial charge is 0.457 e. The van der Waals surface area contributed by atoms with Crippen LogP contribution in [0.2, 0.25) is 0 Å². The van der Waals surface area contributed by atoms with Crippen molar-refractivity contribution in [2.24, 2.45) is 0 Å². The lowest BCUT2D eigenvalue weighted by molar-refractivity contribution is 0.137. The molecule has 0 saturated carbocycles. The van der Waals surface area contributed by atoms with Crippen molar-refractivity contribution < 1.29 is 14.6 Å². The van der Waals surface area contributed by atoms with Gasteiger partial charge in [-0.25, -0.2) is 0 Å². The fraction of sp³-hybridized carbons (Fsp3) is 0.143. The minimum atomic E-state index is -0.616. The van der Waals surface area contributed by atoms with E-state index in [1.807, 2.05) is 84.9 Å². The Labute approximate surface area is 141 Å². The molecule has 0 aliphatic carbocycles.